The molecule has 0 fully saturated rings. The van der Waals surface area contributed by atoms with E-state index >= 15 is 0 Å². The molecule has 1 aromatic heterocycles. The molecule has 0 saturated carbocycles. The number of carbonyl (C=O) groups is 1. The predicted octanol–water partition coefficient (Wildman–Crippen LogP) is 1.55. The summed E-state index contributed by atoms with van der Waals surface area (Å²) in [6, 6.07) is 0. The van der Waals surface area contributed by atoms with Crippen LogP contribution in [-0.4, -0.2) is 10.9 Å². The molecular formula is C4H2Cl2N2OS. The highest BCUT2D eigenvalue weighted by Gasteiger charge is 2.10. The molecule has 6 heteroatoms. The molecule has 3 nitrogen and oxygen atoms in total. The van der Waals surface area contributed by atoms with Gasteiger partial charge in [-0.25, -0.2) is 4.98 Å². The zero-order valence-electron chi connectivity index (χ0n) is 4.60. The van der Waals surface area contributed by atoms with Gasteiger partial charge in [0.25, 0.3) is 5.91 Å². The lowest BCUT2D eigenvalue weighted by Gasteiger charge is -1.79. The average molecular weight is 197 g/mol. The number of aromatic nitrogens is 1. The Morgan fingerprint density at radius 2 is 2.20 bits per heavy atom. The Bertz CT molecular complexity index is 253. The molecule has 54 valence electrons. The first-order valence-electron chi connectivity index (χ1n) is 2.23. The molecule has 0 spiro atoms. The third-order valence-electron chi connectivity index (χ3n) is 0.759. The van der Waals surface area contributed by atoms with Crippen LogP contribution in [0.15, 0.2) is 0 Å². The second kappa shape index (κ2) is 2.74. The van der Waals surface area contributed by atoms with Gasteiger partial charge in [0, 0.05) is 0 Å². The molecule has 0 aliphatic carbocycles. The molecule has 0 radical (unpaired) electrons. The second-order valence-electron chi connectivity index (χ2n) is 1.45. The summed E-state index contributed by atoms with van der Waals surface area (Å²) in [4.78, 5) is 14.0. The number of amides is 1. The third kappa shape index (κ3) is 1.39. The topological polar surface area (TPSA) is 56.0 Å². The Balaban J connectivity index is 3.10. The van der Waals surface area contributed by atoms with Gasteiger partial charge in [0.05, 0.1) is 0 Å². The van der Waals surface area contributed by atoms with Crippen LogP contribution in [0, 0.1) is 0 Å². The summed E-state index contributed by atoms with van der Waals surface area (Å²) in [5.41, 5.74) is 4.89. The molecule has 1 rings (SSSR count). The van der Waals surface area contributed by atoms with Crippen LogP contribution in [0.4, 0.5) is 0 Å². The maximum atomic E-state index is 10.4. The van der Waals surface area contributed by atoms with Crippen molar-refractivity contribution in [2.75, 3.05) is 0 Å². The summed E-state index contributed by atoms with van der Waals surface area (Å²) in [6.45, 7) is 0. The summed E-state index contributed by atoms with van der Waals surface area (Å²) in [7, 11) is 0. The zero-order chi connectivity index (χ0) is 7.72. The molecule has 10 heavy (non-hydrogen) atoms. The maximum Gasteiger partial charge on any atom is 0.277 e. The molecule has 0 bridgehead atoms. The average Bonchev–Trinajstić information content (AvgIpc) is 2.13. The van der Waals surface area contributed by atoms with Gasteiger partial charge in [-0.15, -0.1) is 0 Å². The highest BCUT2D eigenvalue weighted by Crippen LogP contribution is 2.27. The van der Waals surface area contributed by atoms with Gasteiger partial charge in [0.2, 0.25) is 0 Å². The SMILES string of the molecule is NC(=O)c1nc(Cl)c(Cl)s1. The molecule has 0 atom stereocenters. The van der Waals surface area contributed by atoms with Crippen molar-refractivity contribution in [3.63, 3.8) is 0 Å². The normalized spacial score (nSPS) is 9.80. The van der Waals surface area contributed by atoms with Crippen molar-refractivity contribution in [1.82, 2.24) is 4.98 Å². The fourth-order valence-corrected chi connectivity index (χ4v) is 1.44. The fourth-order valence-electron chi connectivity index (χ4n) is 0.388. The van der Waals surface area contributed by atoms with Gasteiger partial charge in [0.1, 0.15) is 4.34 Å². The first kappa shape index (κ1) is 7.78. The minimum atomic E-state index is -0.612. The second-order valence-corrected chi connectivity index (χ2v) is 3.41. The summed E-state index contributed by atoms with van der Waals surface area (Å²) < 4.78 is 0.287. The largest absolute Gasteiger partial charge is 0.364 e. The van der Waals surface area contributed by atoms with E-state index in [1.165, 1.54) is 0 Å². The minimum Gasteiger partial charge on any atom is -0.364 e. The lowest BCUT2D eigenvalue weighted by Crippen LogP contribution is -2.09. The summed E-state index contributed by atoms with van der Waals surface area (Å²) >= 11 is 11.9. The number of hydrogen-bond acceptors (Lipinski definition) is 3. The third-order valence-corrected chi connectivity index (χ3v) is 2.51. The van der Waals surface area contributed by atoms with E-state index in [9.17, 15) is 4.79 Å². The van der Waals surface area contributed by atoms with Crippen LogP contribution in [0.25, 0.3) is 0 Å². The molecule has 1 aromatic rings. The standard InChI is InChI=1S/C4H2Cl2N2OS/c5-1-2(6)10-4(8-1)3(7)9/h(H2,7,9). The number of thiazole rings is 1. The van der Waals surface area contributed by atoms with Crippen molar-refractivity contribution in [1.29, 1.82) is 0 Å². The summed E-state index contributed by atoms with van der Waals surface area (Å²) in [6.07, 6.45) is 0. The van der Waals surface area contributed by atoms with Gasteiger partial charge < -0.3 is 5.73 Å². The quantitative estimate of drug-likeness (QED) is 0.742. The zero-order valence-corrected chi connectivity index (χ0v) is 6.93. The first-order chi connectivity index (χ1) is 4.61. The van der Waals surface area contributed by atoms with Crippen LogP contribution in [-0.2, 0) is 0 Å². The van der Waals surface area contributed by atoms with Gasteiger partial charge in [-0.2, -0.15) is 0 Å². The van der Waals surface area contributed by atoms with E-state index in [-0.39, 0.29) is 14.5 Å². The Hall–Kier alpha value is -0.320. The Morgan fingerprint density at radius 1 is 1.60 bits per heavy atom. The van der Waals surface area contributed by atoms with Crippen molar-refractivity contribution in [3.05, 3.63) is 14.5 Å². The van der Waals surface area contributed by atoms with Crippen molar-refractivity contribution in [2.24, 2.45) is 5.73 Å². The fraction of sp³-hybridized carbons (Fsp3) is 0. The number of hydrogen-bond donors (Lipinski definition) is 1. The number of primary amides is 1. The van der Waals surface area contributed by atoms with Crippen LogP contribution in [0.2, 0.25) is 9.49 Å². The van der Waals surface area contributed by atoms with Crippen LogP contribution < -0.4 is 5.73 Å². The molecule has 2 N–H and O–H groups in total. The Kier molecular flexibility index (Phi) is 2.13. The summed E-state index contributed by atoms with van der Waals surface area (Å²) in [5.74, 6) is -0.612. The van der Waals surface area contributed by atoms with Crippen LogP contribution in [0.5, 0.6) is 0 Å². The van der Waals surface area contributed by atoms with Crippen molar-refractivity contribution >= 4 is 40.4 Å². The number of carbonyl (C=O) groups excluding carboxylic acids is 1. The number of nitrogens with zero attached hydrogens (tertiary/aromatic N) is 1. The van der Waals surface area contributed by atoms with Crippen LogP contribution >= 0.6 is 34.5 Å². The molecular weight excluding hydrogens is 195 g/mol. The highest BCUT2D eigenvalue weighted by atomic mass is 35.5. The van der Waals surface area contributed by atoms with E-state index in [1.54, 1.807) is 0 Å². The number of rotatable bonds is 1. The van der Waals surface area contributed by atoms with E-state index in [0.717, 1.165) is 11.3 Å². The molecule has 0 saturated heterocycles. The lowest BCUT2D eigenvalue weighted by atomic mass is 10.7. The number of halogens is 2. The maximum absolute atomic E-state index is 10.4. The molecule has 0 aliphatic rings. The van der Waals surface area contributed by atoms with E-state index < -0.39 is 5.91 Å². The first-order valence-corrected chi connectivity index (χ1v) is 3.80. The minimum absolute atomic E-state index is 0.125. The van der Waals surface area contributed by atoms with Gasteiger partial charge >= 0.3 is 0 Å². The van der Waals surface area contributed by atoms with Crippen molar-refractivity contribution in [2.45, 2.75) is 0 Å². The van der Waals surface area contributed by atoms with E-state index in [0.29, 0.717) is 0 Å². The van der Waals surface area contributed by atoms with Crippen LogP contribution in [0.1, 0.15) is 9.80 Å². The Morgan fingerprint density at radius 3 is 2.40 bits per heavy atom. The predicted molar refractivity (Wildman–Crippen MR) is 40.7 cm³/mol. The molecule has 1 amide bonds. The van der Waals surface area contributed by atoms with Crippen molar-refractivity contribution in [3.8, 4) is 0 Å². The molecule has 0 unspecified atom stereocenters. The van der Waals surface area contributed by atoms with E-state index in [4.69, 9.17) is 28.9 Å². The number of nitrogens with two attached hydrogens (primary N) is 1. The molecule has 1 heterocycles. The highest BCUT2D eigenvalue weighted by molar-refractivity contribution is 7.18. The Labute approximate surface area is 70.8 Å². The van der Waals surface area contributed by atoms with Gasteiger partial charge in [0.15, 0.2) is 10.2 Å². The monoisotopic (exact) mass is 196 g/mol. The van der Waals surface area contributed by atoms with Gasteiger partial charge in [-0.05, 0) is 0 Å². The lowest BCUT2D eigenvalue weighted by molar-refractivity contribution is 0.1000. The summed E-state index contributed by atoms with van der Waals surface area (Å²) in [5, 5.41) is 0.260. The smallest absolute Gasteiger partial charge is 0.277 e. The van der Waals surface area contributed by atoms with Gasteiger partial charge in [-0.3, -0.25) is 4.79 Å². The van der Waals surface area contributed by atoms with E-state index in [1.807, 2.05) is 0 Å². The van der Waals surface area contributed by atoms with Crippen LogP contribution in [0.3, 0.4) is 0 Å². The van der Waals surface area contributed by atoms with Gasteiger partial charge in [-0.1, -0.05) is 34.5 Å². The van der Waals surface area contributed by atoms with E-state index in [2.05, 4.69) is 4.98 Å². The molecule has 0 aromatic carbocycles. The molecule has 0 aliphatic heterocycles. The van der Waals surface area contributed by atoms with Crippen molar-refractivity contribution < 1.29 is 4.79 Å².